The van der Waals surface area contributed by atoms with Crippen LogP contribution in [0.25, 0.3) is 0 Å². The summed E-state index contributed by atoms with van der Waals surface area (Å²) in [6.45, 7) is 4.05. The molecule has 1 aliphatic rings. The third kappa shape index (κ3) is 1.96. The first kappa shape index (κ1) is 10.4. The first-order valence-corrected chi connectivity index (χ1v) is 5.22. The lowest BCUT2D eigenvalue weighted by molar-refractivity contribution is 0.133. The highest BCUT2D eigenvalue weighted by atomic mass is 16.5. The molecule has 1 aliphatic heterocycles. The van der Waals surface area contributed by atoms with Crippen molar-refractivity contribution in [2.45, 2.75) is 26.2 Å². The van der Waals surface area contributed by atoms with Crippen LogP contribution in [0.1, 0.15) is 18.2 Å². The van der Waals surface area contributed by atoms with E-state index < -0.39 is 0 Å². The fourth-order valence-electron chi connectivity index (χ4n) is 1.61. The summed E-state index contributed by atoms with van der Waals surface area (Å²) in [5.74, 6) is 0.970. The number of nitrogens with two attached hydrogens (primary N) is 1. The van der Waals surface area contributed by atoms with E-state index in [4.69, 9.17) is 10.5 Å². The predicted octanol–water partition coefficient (Wildman–Crippen LogP) is 0.895. The lowest BCUT2D eigenvalue weighted by Gasteiger charge is -2.24. The minimum absolute atomic E-state index is 0.304. The van der Waals surface area contributed by atoms with Crippen LogP contribution in [0.15, 0.2) is 12.1 Å². The van der Waals surface area contributed by atoms with Crippen molar-refractivity contribution in [3.05, 3.63) is 23.4 Å². The Morgan fingerprint density at radius 2 is 2.33 bits per heavy atom. The molecule has 2 heterocycles. The van der Waals surface area contributed by atoms with Crippen LogP contribution in [-0.2, 0) is 18.0 Å². The number of likely N-dealkylation sites (N-methyl/N-ethyl adjacent to an activating group) is 1. The van der Waals surface area contributed by atoms with Gasteiger partial charge in [-0.25, -0.2) is 4.98 Å². The van der Waals surface area contributed by atoms with Crippen LogP contribution < -0.4 is 10.6 Å². The molecule has 82 valence electrons. The van der Waals surface area contributed by atoms with E-state index in [1.54, 1.807) is 0 Å². The Morgan fingerprint density at radius 3 is 3.07 bits per heavy atom. The zero-order chi connectivity index (χ0) is 10.8. The van der Waals surface area contributed by atoms with E-state index in [2.05, 4.69) is 22.9 Å². The summed E-state index contributed by atoms with van der Waals surface area (Å²) in [5.41, 5.74) is 7.89. The molecule has 0 bridgehead atoms. The fourth-order valence-corrected chi connectivity index (χ4v) is 1.61. The van der Waals surface area contributed by atoms with Gasteiger partial charge in [-0.2, -0.15) is 0 Å². The number of hydrogen-bond donors (Lipinski definition) is 1. The van der Waals surface area contributed by atoms with Crippen molar-refractivity contribution in [3.8, 4) is 0 Å². The van der Waals surface area contributed by atoms with Crippen molar-refractivity contribution in [3.63, 3.8) is 0 Å². The average Bonchev–Trinajstić information content (AvgIpc) is 2.73. The maximum Gasteiger partial charge on any atom is 0.128 e. The quantitative estimate of drug-likeness (QED) is 0.800. The summed E-state index contributed by atoms with van der Waals surface area (Å²) in [6, 6.07) is 4.42. The maximum absolute atomic E-state index is 5.63. The number of pyridine rings is 1. The van der Waals surface area contributed by atoms with E-state index in [1.807, 2.05) is 13.1 Å². The van der Waals surface area contributed by atoms with Gasteiger partial charge in [0.25, 0.3) is 0 Å². The minimum Gasteiger partial charge on any atom is -0.370 e. The van der Waals surface area contributed by atoms with Gasteiger partial charge in [-0.15, -0.1) is 0 Å². The molecule has 4 heteroatoms. The van der Waals surface area contributed by atoms with Gasteiger partial charge in [-0.1, -0.05) is 6.07 Å². The van der Waals surface area contributed by atoms with Gasteiger partial charge in [0.1, 0.15) is 5.82 Å². The van der Waals surface area contributed by atoms with Crippen molar-refractivity contribution >= 4 is 5.82 Å². The summed E-state index contributed by atoms with van der Waals surface area (Å²) < 4.78 is 5.33. The second-order valence-electron chi connectivity index (χ2n) is 3.96. The number of hydrogen-bond acceptors (Lipinski definition) is 4. The van der Waals surface area contributed by atoms with E-state index in [-0.39, 0.29) is 0 Å². The summed E-state index contributed by atoms with van der Waals surface area (Å²) in [6.07, 6.45) is 0. The first-order valence-electron chi connectivity index (χ1n) is 5.22. The molecule has 2 rings (SSSR count). The highest BCUT2D eigenvalue weighted by Crippen LogP contribution is 2.21. The van der Waals surface area contributed by atoms with Gasteiger partial charge in [-0.3, -0.25) is 0 Å². The van der Waals surface area contributed by atoms with E-state index in [0.29, 0.717) is 25.8 Å². The molecule has 1 atom stereocenters. The molecule has 0 aromatic carbocycles. The van der Waals surface area contributed by atoms with Crippen LogP contribution in [0.2, 0.25) is 0 Å². The van der Waals surface area contributed by atoms with Crippen LogP contribution in [0.3, 0.4) is 0 Å². The lowest BCUT2D eigenvalue weighted by Crippen LogP contribution is -2.35. The SMILES string of the molecule is CC(CN)N(C)c1ccc2c(n1)COC2. The third-order valence-corrected chi connectivity index (χ3v) is 2.91. The van der Waals surface area contributed by atoms with Gasteiger partial charge in [-0.05, 0) is 13.0 Å². The van der Waals surface area contributed by atoms with Crippen LogP contribution >= 0.6 is 0 Å². The Kier molecular flexibility index (Phi) is 2.88. The summed E-state index contributed by atoms with van der Waals surface area (Å²) in [4.78, 5) is 6.66. The van der Waals surface area contributed by atoms with Gasteiger partial charge in [0.15, 0.2) is 0 Å². The van der Waals surface area contributed by atoms with Crippen molar-refractivity contribution in [1.29, 1.82) is 0 Å². The first-order chi connectivity index (χ1) is 7.22. The van der Waals surface area contributed by atoms with Crippen molar-refractivity contribution in [2.75, 3.05) is 18.5 Å². The molecule has 0 aliphatic carbocycles. The Hall–Kier alpha value is -1.13. The number of ether oxygens (including phenoxy) is 1. The van der Waals surface area contributed by atoms with Gasteiger partial charge in [0, 0.05) is 25.2 Å². The van der Waals surface area contributed by atoms with Gasteiger partial charge < -0.3 is 15.4 Å². The van der Waals surface area contributed by atoms with Crippen LogP contribution in [0, 0.1) is 0 Å². The molecule has 15 heavy (non-hydrogen) atoms. The standard InChI is InChI=1S/C11H17N3O/c1-8(5-12)14(2)11-4-3-9-6-15-7-10(9)13-11/h3-4,8H,5-7,12H2,1-2H3. The summed E-state index contributed by atoms with van der Waals surface area (Å²) >= 11 is 0. The second-order valence-corrected chi connectivity index (χ2v) is 3.96. The molecule has 1 aromatic heterocycles. The molecular formula is C11H17N3O. The van der Waals surface area contributed by atoms with Gasteiger partial charge in [0.05, 0.1) is 18.9 Å². The molecule has 0 radical (unpaired) electrons. The van der Waals surface area contributed by atoms with E-state index in [0.717, 1.165) is 11.5 Å². The molecule has 0 spiro atoms. The third-order valence-electron chi connectivity index (χ3n) is 2.91. The normalized spacial score (nSPS) is 16.2. The number of rotatable bonds is 3. The lowest BCUT2D eigenvalue weighted by atomic mass is 10.2. The highest BCUT2D eigenvalue weighted by Gasteiger charge is 2.15. The average molecular weight is 207 g/mol. The van der Waals surface area contributed by atoms with E-state index in [9.17, 15) is 0 Å². The summed E-state index contributed by atoms with van der Waals surface area (Å²) in [7, 11) is 2.02. The monoisotopic (exact) mass is 207 g/mol. The zero-order valence-electron chi connectivity index (χ0n) is 9.23. The highest BCUT2D eigenvalue weighted by molar-refractivity contribution is 5.42. The maximum atomic E-state index is 5.63. The van der Waals surface area contributed by atoms with Crippen LogP contribution in [0.4, 0.5) is 5.82 Å². The van der Waals surface area contributed by atoms with E-state index >= 15 is 0 Å². The largest absolute Gasteiger partial charge is 0.370 e. The fraction of sp³-hybridized carbons (Fsp3) is 0.545. The minimum atomic E-state index is 0.304. The molecule has 1 aromatic rings. The van der Waals surface area contributed by atoms with Crippen molar-refractivity contribution in [1.82, 2.24) is 4.98 Å². The number of anilines is 1. The Morgan fingerprint density at radius 1 is 1.53 bits per heavy atom. The topological polar surface area (TPSA) is 51.4 Å². The number of fused-ring (bicyclic) bond motifs is 1. The van der Waals surface area contributed by atoms with Gasteiger partial charge in [0.2, 0.25) is 0 Å². The molecular weight excluding hydrogens is 190 g/mol. The Bertz CT molecular complexity index is 354. The molecule has 4 nitrogen and oxygen atoms in total. The molecule has 2 N–H and O–H groups in total. The number of aromatic nitrogens is 1. The summed E-state index contributed by atoms with van der Waals surface area (Å²) in [5, 5.41) is 0. The molecule has 0 fully saturated rings. The van der Waals surface area contributed by atoms with Crippen LogP contribution in [-0.4, -0.2) is 24.6 Å². The Balaban J connectivity index is 2.22. The van der Waals surface area contributed by atoms with Crippen molar-refractivity contribution < 1.29 is 4.74 Å². The van der Waals surface area contributed by atoms with Crippen LogP contribution in [0.5, 0.6) is 0 Å². The molecule has 0 saturated heterocycles. The smallest absolute Gasteiger partial charge is 0.128 e. The Labute approximate surface area is 90.0 Å². The number of nitrogens with zero attached hydrogens (tertiary/aromatic N) is 2. The molecule has 0 amide bonds. The second kappa shape index (κ2) is 4.16. The predicted molar refractivity (Wildman–Crippen MR) is 59.6 cm³/mol. The van der Waals surface area contributed by atoms with E-state index in [1.165, 1.54) is 5.56 Å². The molecule has 1 unspecified atom stereocenters. The zero-order valence-corrected chi connectivity index (χ0v) is 9.23. The van der Waals surface area contributed by atoms with Crippen molar-refractivity contribution in [2.24, 2.45) is 5.73 Å². The van der Waals surface area contributed by atoms with Gasteiger partial charge >= 0.3 is 0 Å². The molecule has 0 saturated carbocycles.